The molecule has 1 aliphatic rings. The summed E-state index contributed by atoms with van der Waals surface area (Å²) in [5.41, 5.74) is 2.43. The van der Waals surface area contributed by atoms with Gasteiger partial charge in [0.1, 0.15) is 6.04 Å². The molecule has 1 N–H and O–H groups in total. The quantitative estimate of drug-likeness (QED) is 0.580. The smallest absolute Gasteiger partial charge is 0.322 e. The third kappa shape index (κ3) is 3.80. The number of urea groups is 1. The molecule has 30 heavy (non-hydrogen) atoms. The van der Waals surface area contributed by atoms with Gasteiger partial charge in [-0.1, -0.05) is 29.3 Å². The average molecular weight is 446 g/mol. The Balaban J connectivity index is 1.67. The van der Waals surface area contributed by atoms with Crippen LogP contribution in [0.1, 0.15) is 17.3 Å². The first-order chi connectivity index (χ1) is 14.5. The number of anilines is 1. The van der Waals surface area contributed by atoms with Crippen LogP contribution < -0.4 is 14.8 Å². The largest absolute Gasteiger partial charge is 0.493 e. The number of hydrogen-bond acceptors (Lipinski definition) is 3. The molecule has 3 aromatic rings. The van der Waals surface area contributed by atoms with Crippen molar-refractivity contribution in [3.63, 3.8) is 0 Å². The highest BCUT2D eigenvalue weighted by Gasteiger charge is 2.33. The standard InChI is InChI=1S/C22H21Cl2N3O3/c1-29-19-8-6-15(13-20(19)30-2)25-22(28)27-11-10-26-9-3-4-18(26)21(27)16-7-5-14(23)12-17(16)24/h3-9,12-13,21H,10-11H2,1-2H3,(H,25,28). The van der Waals surface area contributed by atoms with Crippen molar-refractivity contribution in [1.82, 2.24) is 9.47 Å². The molecule has 1 aliphatic heterocycles. The van der Waals surface area contributed by atoms with Crippen molar-refractivity contribution in [3.8, 4) is 11.5 Å². The van der Waals surface area contributed by atoms with Gasteiger partial charge in [0.05, 0.1) is 14.2 Å². The summed E-state index contributed by atoms with van der Waals surface area (Å²) in [5, 5.41) is 4.04. The minimum Gasteiger partial charge on any atom is -0.493 e. The van der Waals surface area contributed by atoms with E-state index in [4.69, 9.17) is 32.7 Å². The van der Waals surface area contributed by atoms with Gasteiger partial charge < -0.3 is 24.3 Å². The molecular weight excluding hydrogens is 425 g/mol. The highest BCUT2D eigenvalue weighted by molar-refractivity contribution is 6.35. The van der Waals surface area contributed by atoms with Gasteiger partial charge in [-0.05, 0) is 42.0 Å². The van der Waals surface area contributed by atoms with E-state index < -0.39 is 0 Å². The first kappa shape index (κ1) is 20.4. The SMILES string of the molecule is COc1ccc(NC(=O)N2CCn3cccc3C2c2ccc(Cl)cc2Cl)cc1OC. The van der Waals surface area contributed by atoms with Crippen molar-refractivity contribution in [1.29, 1.82) is 0 Å². The molecule has 0 bridgehead atoms. The first-order valence-corrected chi connectivity index (χ1v) is 10.2. The third-order valence-corrected chi connectivity index (χ3v) is 5.75. The molecule has 4 rings (SSSR count). The van der Waals surface area contributed by atoms with Crippen LogP contribution in [0.5, 0.6) is 11.5 Å². The van der Waals surface area contributed by atoms with Crippen LogP contribution in [-0.2, 0) is 6.54 Å². The maximum absolute atomic E-state index is 13.3. The second kappa shape index (κ2) is 8.50. The van der Waals surface area contributed by atoms with Crippen LogP contribution in [-0.4, -0.2) is 36.3 Å². The van der Waals surface area contributed by atoms with E-state index in [0.717, 1.165) is 11.3 Å². The molecule has 2 aromatic carbocycles. The van der Waals surface area contributed by atoms with Gasteiger partial charge in [0, 0.05) is 46.8 Å². The van der Waals surface area contributed by atoms with Crippen LogP contribution in [0.15, 0.2) is 54.7 Å². The number of hydrogen-bond donors (Lipinski definition) is 1. The van der Waals surface area contributed by atoms with Crippen LogP contribution in [0.3, 0.4) is 0 Å². The van der Waals surface area contributed by atoms with E-state index in [1.807, 2.05) is 24.4 Å². The topological polar surface area (TPSA) is 55.7 Å². The lowest BCUT2D eigenvalue weighted by Crippen LogP contribution is -2.44. The summed E-state index contributed by atoms with van der Waals surface area (Å²) in [6.07, 6.45) is 2.01. The molecule has 0 saturated heterocycles. The lowest BCUT2D eigenvalue weighted by atomic mass is 10.00. The summed E-state index contributed by atoms with van der Waals surface area (Å²) in [6.45, 7) is 1.23. The molecule has 0 spiro atoms. The van der Waals surface area contributed by atoms with E-state index in [9.17, 15) is 4.79 Å². The fourth-order valence-corrected chi connectivity index (χ4v) is 4.27. The number of amides is 2. The monoisotopic (exact) mass is 445 g/mol. The fraction of sp³-hybridized carbons (Fsp3) is 0.227. The molecule has 2 heterocycles. The zero-order valence-corrected chi connectivity index (χ0v) is 18.1. The molecule has 0 radical (unpaired) electrons. The van der Waals surface area contributed by atoms with Gasteiger partial charge in [-0.15, -0.1) is 0 Å². The predicted molar refractivity (Wildman–Crippen MR) is 118 cm³/mol. The Hall–Kier alpha value is -2.83. The summed E-state index contributed by atoms with van der Waals surface area (Å²) in [6, 6.07) is 14.0. The lowest BCUT2D eigenvalue weighted by Gasteiger charge is -2.37. The second-order valence-corrected chi connectivity index (χ2v) is 7.73. The molecule has 0 aliphatic carbocycles. The molecular formula is C22H21Cl2N3O3. The molecule has 6 nitrogen and oxygen atoms in total. The van der Waals surface area contributed by atoms with E-state index in [0.29, 0.717) is 40.3 Å². The van der Waals surface area contributed by atoms with Gasteiger partial charge in [-0.3, -0.25) is 0 Å². The van der Waals surface area contributed by atoms with Gasteiger partial charge in [0.15, 0.2) is 11.5 Å². The molecule has 1 aromatic heterocycles. The Morgan fingerprint density at radius 3 is 2.57 bits per heavy atom. The first-order valence-electron chi connectivity index (χ1n) is 9.41. The van der Waals surface area contributed by atoms with Crippen LogP contribution in [0.25, 0.3) is 0 Å². The molecule has 0 saturated carbocycles. The van der Waals surface area contributed by atoms with Crippen molar-refractivity contribution in [2.45, 2.75) is 12.6 Å². The van der Waals surface area contributed by atoms with Gasteiger partial charge in [-0.25, -0.2) is 4.79 Å². The van der Waals surface area contributed by atoms with Crippen LogP contribution in [0.2, 0.25) is 10.0 Å². The number of methoxy groups -OCH3 is 2. The van der Waals surface area contributed by atoms with E-state index in [1.54, 1.807) is 49.5 Å². The Morgan fingerprint density at radius 1 is 1.03 bits per heavy atom. The van der Waals surface area contributed by atoms with E-state index >= 15 is 0 Å². The van der Waals surface area contributed by atoms with Gasteiger partial charge in [-0.2, -0.15) is 0 Å². The molecule has 2 amide bonds. The van der Waals surface area contributed by atoms with Crippen molar-refractivity contribution >= 4 is 34.9 Å². The average Bonchev–Trinajstić information content (AvgIpc) is 3.22. The summed E-state index contributed by atoms with van der Waals surface area (Å²) in [5.74, 6) is 1.14. The van der Waals surface area contributed by atoms with Gasteiger partial charge in [0.25, 0.3) is 0 Å². The lowest BCUT2D eigenvalue weighted by molar-refractivity contribution is 0.182. The molecule has 1 unspecified atom stereocenters. The maximum Gasteiger partial charge on any atom is 0.322 e. The Bertz CT molecular complexity index is 1080. The molecule has 8 heteroatoms. The van der Waals surface area contributed by atoms with Gasteiger partial charge >= 0.3 is 6.03 Å². The van der Waals surface area contributed by atoms with Crippen molar-refractivity contribution < 1.29 is 14.3 Å². The minimum atomic E-state index is -0.335. The summed E-state index contributed by atoms with van der Waals surface area (Å²) < 4.78 is 12.7. The Morgan fingerprint density at radius 2 is 1.83 bits per heavy atom. The number of halogens is 2. The maximum atomic E-state index is 13.3. The van der Waals surface area contributed by atoms with Crippen LogP contribution >= 0.6 is 23.2 Å². The number of carbonyl (C=O) groups is 1. The van der Waals surface area contributed by atoms with Crippen LogP contribution in [0.4, 0.5) is 10.5 Å². The van der Waals surface area contributed by atoms with Crippen molar-refractivity contribution in [3.05, 3.63) is 76.0 Å². The number of benzene rings is 2. The number of nitrogens with zero attached hydrogens (tertiary/aromatic N) is 2. The predicted octanol–water partition coefficient (Wildman–Crippen LogP) is 5.45. The normalized spacial score (nSPS) is 15.5. The number of fused-ring (bicyclic) bond motifs is 1. The van der Waals surface area contributed by atoms with Gasteiger partial charge in [0.2, 0.25) is 0 Å². The zero-order valence-electron chi connectivity index (χ0n) is 16.6. The van der Waals surface area contributed by atoms with E-state index in [2.05, 4.69) is 9.88 Å². The van der Waals surface area contributed by atoms with E-state index in [-0.39, 0.29) is 12.1 Å². The summed E-state index contributed by atoms with van der Waals surface area (Å²) in [4.78, 5) is 15.1. The number of aromatic nitrogens is 1. The zero-order chi connectivity index (χ0) is 21.3. The molecule has 1 atom stereocenters. The fourth-order valence-electron chi connectivity index (χ4n) is 3.76. The Kier molecular flexibility index (Phi) is 5.79. The van der Waals surface area contributed by atoms with Crippen molar-refractivity contribution in [2.75, 3.05) is 26.1 Å². The highest BCUT2D eigenvalue weighted by atomic mass is 35.5. The molecule has 0 fully saturated rings. The number of nitrogens with one attached hydrogen (secondary N) is 1. The van der Waals surface area contributed by atoms with E-state index in [1.165, 1.54) is 0 Å². The second-order valence-electron chi connectivity index (χ2n) is 6.89. The number of ether oxygens (including phenoxy) is 2. The summed E-state index contributed by atoms with van der Waals surface area (Å²) >= 11 is 12.6. The van der Waals surface area contributed by atoms with Crippen LogP contribution in [0, 0.1) is 0 Å². The third-order valence-electron chi connectivity index (χ3n) is 5.19. The summed E-state index contributed by atoms with van der Waals surface area (Å²) in [7, 11) is 3.13. The molecule has 156 valence electrons. The Labute approximate surface area is 184 Å². The number of rotatable bonds is 4. The highest BCUT2D eigenvalue weighted by Crippen LogP contribution is 2.38. The minimum absolute atomic E-state index is 0.231. The van der Waals surface area contributed by atoms with Crippen molar-refractivity contribution in [2.24, 2.45) is 0 Å². The number of carbonyl (C=O) groups excluding carboxylic acids is 1.